The van der Waals surface area contributed by atoms with Crippen LogP contribution in [0.15, 0.2) is 6.07 Å². The molecule has 1 rings (SSSR count). The molecule has 0 spiro atoms. The fourth-order valence-corrected chi connectivity index (χ4v) is 1.57. The van der Waals surface area contributed by atoms with Crippen molar-refractivity contribution in [3.8, 4) is 0 Å². The summed E-state index contributed by atoms with van der Waals surface area (Å²) in [6.45, 7) is 6.36. The highest BCUT2D eigenvalue weighted by atomic mass is 16.5. The summed E-state index contributed by atoms with van der Waals surface area (Å²) in [5, 5.41) is 0. The maximum atomic E-state index is 11.5. The van der Waals surface area contributed by atoms with E-state index < -0.39 is 0 Å². The number of rotatable bonds is 4. The Morgan fingerprint density at radius 2 is 2.20 bits per heavy atom. The molecule has 0 aromatic carbocycles. The molecule has 1 aromatic rings. The van der Waals surface area contributed by atoms with Crippen LogP contribution in [0, 0.1) is 6.92 Å². The first-order chi connectivity index (χ1) is 7.15. The first-order valence-corrected chi connectivity index (χ1v) is 4.98. The van der Waals surface area contributed by atoms with Gasteiger partial charge in [0.15, 0.2) is 6.29 Å². The monoisotopic (exact) mass is 209 g/mol. The second-order valence-corrected chi connectivity index (χ2v) is 3.18. The zero-order valence-electron chi connectivity index (χ0n) is 9.24. The van der Waals surface area contributed by atoms with Gasteiger partial charge in [-0.3, -0.25) is 4.79 Å². The van der Waals surface area contributed by atoms with E-state index in [0.717, 1.165) is 11.8 Å². The van der Waals surface area contributed by atoms with Crippen LogP contribution in [0.4, 0.5) is 0 Å². The average molecular weight is 209 g/mol. The molecule has 82 valence electrons. The molecular formula is C11H15NO3. The molecule has 4 nitrogen and oxygen atoms in total. The fraction of sp³-hybridized carbons (Fsp3) is 0.455. The van der Waals surface area contributed by atoms with Gasteiger partial charge in [-0.2, -0.15) is 0 Å². The van der Waals surface area contributed by atoms with Crippen molar-refractivity contribution in [1.29, 1.82) is 0 Å². The Bertz CT molecular complexity index is 379. The van der Waals surface area contributed by atoms with Crippen molar-refractivity contribution in [2.45, 2.75) is 27.3 Å². The summed E-state index contributed by atoms with van der Waals surface area (Å²) in [6.07, 6.45) is 0.765. The zero-order chi connectivity index (χ0) is 11.4. The number of carbonyl (C=O) groups excluding carboxylic acids is 2. The van der Waals surface area contributed by atoms with E-state index >= 15 is 0 Å². The maximum absolute atomic E-state index is 11.5. The van der Waals surface area contributed by atoms with Crippen LogP contribution in [0.5, 0.6) is 0 Å². The standard InChI is InChI=1S/C11H15NO3/c1-4-12-9(11(14)15-5-2)6-8(3)10(12)7-13/h6-7H,4-5H2,1-3H3. The molecule has 0 bridgehead atoms. The third kappa shape index (κ3) is 2.09. The Morgan fingerprint density at radius 1 is 1.53 bits per heavy atom. The van der Waals surface area contributed by atoms with E-state index in [1.807, 2.05) is 6.92 Å². The summed E-state index contributed by atoms with van der Waals surface area (Å²) < 4.78 is 6.57. The highest BCUT2D eigenvalue weighted by Gasteiger charge is 2.17. The summed E-state index contributed by atoms with van der Waals surface area (Å²) in [4.78, 5) is 22.4. The number of ether oxygens (including phenoxy) is 1. The van der Waals surface area contributed by atoms with Crippen molar-refractivity contribution in [2.75, 3.05) is 6.61 Å². The molecule has 1 heterocycles. The third-order valence-corrected chi connectivity index (χ3v) is 2.25. The van der Waals surface area contributed by atoms with Gasteiger partial charge in [-0.15, -0.1) is 0 Å². The number of aldehydes is 1. The van der Waals surface area contributed by atoms with Crippen molar-refractivity contribution in [2.24, 2.45) is 0 Å². The molecule has 0 aliphatic carbocycles. The minimum Gasteiger partial charge on any atom is -0.461 e. The summed E-state index contributed by atoms with van der Waals surface area (Å²) in [6, 6.07) is 1.69. The van der Waals surface area contributed by atoms with Gasteiger partial charge in [0.1, 0.15) is 5.69 Å². The van der Waals surface area contributed by atoms with Gasteiger partial charge in [-0.05, 0) is 32.4 Å². The Morgan fingerprint density at radius 3 is 2.67 bits per heavy atom. The van der Waals surface area contributed by atoms with Crippen molar-refractivity contribution in [3.05, 3.63) is 23.0 Å². The first-order valence-electron chi connectivity index (χ1n) is 4.98. The summed E-state index contributed by atoms with van der Waals surface area (Å²) in [7, 11) is 0. The third-order valence-electron chi connectivity index (χ3n) is 2.25. The van der Waals surface area contributed by atoms with Gasteiger partial charge in [0.05, 0.1) is 12.3 Å². The molecule has 0 unspecified atom stereocenters. The molecule has 0 aliphatic rings. The fourth-order valence-electron chi connectivity index (χ4n) is 1.57. The lowest BCUT2D eigenvalue weighted by Crippen LogP contribution is -2.13. The lowest BCUT2D eigenvalue weighted by molar-refractivity contribution is 0.0514. The van der Waals surface area contributed by atoms with Gasteiger partial charge in [0, 0.05) is 6.54 Å². The molecule has 4 heteroatoms. The quantitative estimate of drug-likeness (QED) is 0.561. The number of esters is 1. The molecule has 0 aliphatic heterocycles. The minimum absolute atomic E-state index is 0.337. The van der Waals surface area contributed by atoms with E-state index in [0.29, 0.717) is 24.5 Å². The van der Waals surface area contributed by atoms with E-state index in [4.69, 9.17) is 4.74 Å². The van der Waals surface area contributed by atoms with E-state index in [1.54, 1.807) is 24.5 Å². The van der Waals surface area contributed by atoms with Gasteiger partial charge in [-0.25, -0.2) is 4.79 Å². The van der Waals surface area contributed by atoms with Crippen LogP contribution in [-0.2, 0) is 11.3 Å². The molecule has 0 fully saturated rings. The highest BCUT2D eigenvalue weighted by molar-refractivity contribution is 5.90. The van der Waals surface area contributed by atoms with Crippen molar-refractivity contribution in [1.82, 2.24) is 4.57 Å². The molecule has 0 saturated carbocycles. The minimum atomic E-state index is -0.379. The number of carbonyl (C=O) groups is 2. The maximum Gasteiger partial charge on any atom is 0.354 e. The van der Waals surface area contributed by atoms with Crippen LogP contribution in [0.1, 0.15) is 40.4 Å². The van der Waals surface area contributed by atoms with Gasteiger partial charge in [-0.1, -0.05) is 0 Å². The van der Waals surface area contributed by atoms with Crippen LogP contribution in [0.25, 0.3) is 0 Å². The summed E-state index contributed by atoms with van der Waals surface area (Å²) >= 11 is 0. The van der Waals surface area contributed by atoms with Crippen molar-refractivity contribution >= 4 is 12.3 Å². The molecule has 0 N–H and O–H groups in total. The van der Waals surface area contributed by atoms with Crippen molar-refractivity contribution < 1.29 is 14.3 Å². The predicted octanol–water partition coefficient (Wildman–Crippen LogP) is 1.81. The molecule has 0 saturated heterocycles. The number of aromatic nitrogens is 1. The second-order valence-electron chi connectivity index (χ2n) is 3.18. The van der Waals surface area contributed by atoms with Crippen LogP contribution in [-0.4, -0.2) is 23.4 Å². The van der Waals surface area contributed by atoms with Gasteiger partial charge in [0.25, 0.3) is 0 Å². The topological polar surface area (TPSA) is 48.3 Å². The smallest absolute Gasteiger partial charge is 0.354 e. The van der Waals surface area contributed by atoms with E-state index in [-0.39, 0.29) is 5.97 Å². The molecule has 0 amide bonds. The van der Waals surface area contributed by atoms with Crippen molar-refractivity contribution in [3.63, 3.8) is 0 Å². The SMILES string of the molecule is CCOC(=O)c1cc(C)c(C=O)n1CC. The Labute approximate surface area is 88.8 Å². The summed E-state index contributed by atoms with van der Waals surface area (Å²) in [5.41, 5.74) is 1.79. The molecule has 1 aromatic heterocycles. The van der Waals surface area contributed by atoms with Crippen LogP contribution in [0.2, 0.25) is 0 Å². The normalized spacial score (nSPS) is 10.1. The van der Waals surface area contributed by atoms with E-state index in [9.17, 15) is 9.59 Å². The predicted molar refractivity (Wildman–Crippen MR) is 56.2 cm³/mol. The number of hydrogen-bond acceptors (Lipinski definition) is 3. The molecule has 0 radical (unpaired) electrons. The van der Waals surface area contributed by atoms with Crippen LogP contribution >= 0.6 is 0 Å². The van der Waals surface area contributed by atoms with Gasteiger partial charge >= 0.3 is 5.97 Å². The second kappa shape index (κ2) is 4.77. The van der Waals surface area contributed by atoms with Crippen LogP contribution in [0.3, 0.4) is 0 Å². The van der Waals surface area contributed by atoms with Gasteiger partial charge < -0.3 is 9.30 Å². The number of aryl methyl sites for hydroxylation is 1. The zero-order valence-corrected chi connectivity index (χ0v) is 9.24. The number of nitrogens with zero attached hydrogens (tertiary/aromatic N) is 1. The first kappa shape index (κ1) is 11.5. The Balaban J connectivity index is 3.18. The van der Waals surface area contributed by atoms with E-state index in [1.165, 1.54) is 0 Å². The van der Waals surface area contributed by atoms with Gasteiger partial charge in [0.2, 0.25) is 0 Å². The molecular weight excluding hydrogens is 194 g/mol. The Hall–Kier alpha value is -1.58. The molecule has 0 atom stereocenters. The Kier molecular flexibility index (Phi) is 3.66. The van der Waals surface area contributed by atoms with E-state index in [2.05, 4.69) is 0 Å². The average Bonchev–Trinajstić information content (AvgIpc) is 2.54. The van der Waals surface area contributed by atoms with Crippen LogP contribution < -0.4 is 0 Å². The largest absolute Gasteiger partial charge is 0.461 e. The highest BCUT2D eigenvalue weighted by Crippen LogP contribution is 2.14. The lowest BCUT2D eigenvalue weighted by atomic mass is 10.3. The molecule has 15 heavy (non-hydrogen) atoms. The number of hydrogen-bond donors (Lipinski definition) is 0. The summed E-state index contributed by atoms with van der Waals surface area (Å²) in [5.74, 6) is -0.379. The lowest BCUT2D eigenvalue weighted by Gasteiger charge is -2.06.